The molecule has 542 valence electrons. The smallest absolute Gasteiger partial charge is 0.324 e. The van der Waals surface area contributed by atoms with E-state index in [4.69, 9.17) is 56.8 Å². The number of ether oxygens (including phenoxy) is 12. The average molecular weight is 1380 g/mol. The summed E-state index contributed by atoms with van der Waals surface area (Å²) in [6.07, 6.45) is 14.3. The molecule has 0 heterocycles. The van der Waals surface area contributed by atoms with E-state index in [2.05, 4.69) is 55.4 Å². The van der Waals surface area contributed by atoms with Crippen molar-refractivity contribution in [1.29, 1.82) is 0 Å². The van der Waals surface area contributed by atoms with Gasteiger partial charge in [0, 0.05) is 21.5 Å². The molecule has 0 amide bonds. The van der Waals surface area contributed by atoms with Crippen LogP contribution in [0.3, 0.4) is 0 Å². The van der Waals surface area contributed by atoms with Crippen LogP contribution in [-0.2, 0) is 9.59 Å². The Morgan fingerprint density at radius 3 is 0.610 bits per heavy atom. The van der Waals surface area contributed by atoms with Gasteiger partial charge in [-0.2, -0.15) is 0 Å². The van der Waals surface area contributed by atoms with E-state index in [0.29, 0.717) is 178 Å². The second-order valence-electron chi connectivity index (χ2n) is 25.3. The maximum atomic E-state index is 14.7. The van der Waals surface area contributed by atoms with E-state index in [9.17, 15) is 29.8 Å². The Hall–Kier alpha value is -8.94. The van der Waals surface area contributed by atoms with Crippen LogP contribution in [0, 0.1) is 20.2 Å². The topological polar surface area (TPSA) is 231 Å². The first-order chi connectivity index (χ1) is 48.7. The highest BCUT2D eigenvalue weighted by Crippen LogP contribution is 2.55. The number of carbonyl (C=O) groups is 2. The van der Waals surface area contributed by atoms with Gasteiger partial charge in [0.25, 0.3) is 11.5 Å². The molecule has 0 aliphatic carbocycles. The lowest BCUT2D eigenvalue weighted by atomic mass is 9.92. The molecule has 8 aromatic rings. The number of unbranched alkanes of at least 4 members (excludes halogenated alkanes) is 10. The lowest BCUT2D eigenvalue weighted by Gasteiger charge is -2.21. The fourth-order valence-electron chi connectivity index (χ4n) is 11.7. The van der Waals surface area contributed by atoms with Crippen molar-refractivity contribution >= 4 is 87.9 Å². The van der Waals surface area contributed by atoms with Gasteiger partial charge in [-0.1, -0.05) is 133 Å². The van der Waals surface area contributed by atoms with Gasteiger partial charge in [-0.3, -0.25) is 29.8 Å². The second-order valence-corrected chi connectivity index (χ2v) is 25.3. The third-order valence-electron chi connectivity index (χ3n) is 17.4. The molecule has 0 N–H and O–H groups in total. The molecule has 20 heteroatoms. The number of hydrogen-bond donors (Lipinski definition) is 0. The van der Waals surface area contributed by atoms with Crippen molar-refractivity contribution in [2.75, 3.05) is 66.1 Å². The zero-order chi connectivity index (χ0) is 71.5. The summed E-state index contributed by atoms with van der Waals surface area (Å²) in [6, 6.07) is 18.0. The van der Waals surface area contributed by atoms with Crippen LogP contribution in [0.1, 0.15) is 210 Å². The van der Waals surface area contributed by atoms with Crippen LogP contribution in [0.25, 0.3) is 64.6 Å². The zero-order valence-corrected chi connectivity index (χ0v) is 60.6. The van der Waals surface area contributed by atoms with Crippen LogP contribution in [0.5, 0.6) is 69.0 Å². The highest BCUT2D eigenvalue weighted by molar-refractivity contribution is 6.31. The summed E-state index contributed by atoms with van der Waals surface area (Å²) in [4.78, 5) is 56.5. The fourth-order valence-corrected chi connectivity index (χ4v) is 11.7. The fraction of sp³-hybridized carbons (Fsp3) is 0.525. The quantitative estimate of drug-likeness (QED) is 0.00861. The molecule has 0 fully saturated rings. The number of hydrogen-bond acceptors (Lipinski definition) is 18. The molecule has 0 atom stereocenters. The van der Waals surface area contributed by atoms with Crippen molar-refractivity contribution in [2.24, 2.45) is 0 Å². The van der Waals surface area contributed by atoms with Crippen molar-refractivity contribution in [2.45, 2.75) is 210 Å². The van der Waals surface area contributed by atoms with E-state index in [1.54, 1.807) is 24.3 Å². The maximum absolute atomic E-state index is 14.7. The molecule has 8 rings (SSSR count). The standard InChI is InChI=1S/C80H104N2O18/c1-11-21-33-89-63-43-53-55-45-67(93-37-25-15-5)69(95-39-27-17-7)49-59(55)75-61(57(53)47-65(63)91-35-23-13-3)51-71(97-41-29-19-9)79(77(75)81(85)86)99-73(83)31-32-74(84)100-80-72(98-42-30-20-10)52-62-58-48-66(92-36-24-14-4)64(90-34-22-12-2)44-54(58)56-46-68(94-38-26-16-6)70(96-40-28-18-8)50-60(56)76(62)78(80)82(87)88/h43-52H,11-42H2,1-10H3. The van der Waals surface area contributed by atoms with Gasteiger partial charge >= 0.3 is 23.3 Å². The summed E-state index contributed by atoms with van der Waals surface area (Å²) < 4.78 is 76.8. The highest BCUT2D eigenvalue weighted by Gasteiger charge is 2.35. The highest BCUT2D eigenvalue weighted by atomic mass is 16.6. The number of benzene rings is 8. The Morgan fingerprint density at radius 1 is 0.270 bits per heavy atom. The number of nitro groups is 2. The number of fused-ring (bicyclic) bond motifs is 12. The van der Waals surface area contributed by atoms with Crippen molar-refractivity contribution in [3.8, 4) is 69.0 Å². The van der Waals surface area contributed by atoms with E-state index >= 15 is 0 Å². The van der Waals surface area contributed by atoms with Gasteiger partial charge in [0.2, 0.25) is 0 Å². The first kappa shape index (κ1) is 76.8. The molecule has 100 heavy (non-hydrogen) atoms. The van der Waals surface area contributed by atoms with Crippen LogP contribution in [0.4, 0.5) is 11.4 Å². The molecule has 0 radical (unpaired) electrons. The summed E-state index contributed by atoms with van der Waals surface area (Å²) in [7, 11) is 0. The van der Waals surface area contributed by atoms with Gasteiger partial charge in [0.15, 0.2) is 57.5 Å². The Bertz CT molecular complexity index is 3740. The number of esters is 2. The van der Waals surface area contributed by atoms with Gasteiger partial charge < -0.3 is 56.8 Å². The average Bonchev–Trinajstić information content (AvgIpc) is 0.722. The van der Waals surface area contributed by atoms with Crippen LogP contribution in [-0.4, -0.2) is 87.9 Å². The molecule has 0 saturated heterocycles. The van der Waals surface area contributed by atoms with Crippen LogP contribution < -0.4 is 56.8 Å². The Labute approximate surface area is 588 Å². The predicted octanol–water partition coefficient (Wildman–Crippen LogP) is 21.5. The van der Waals surface area contributed by atoms with Gasteiger partial charge in [-0.25, -0.2) is 0 Å². The molecule has 0 aliphatic heterocycles. The number of nitro benzene ring substituents is 2. The van der Waals surface area contributed by atoms with E-state index in [0.717, 1.165) is 103 Å². The molecule has 0 aliphatic rings. The molecule has 20 nitrogen and oxygen atoms in total. The van der Waals surface area contributed by atoms with Crippen LogP contribution in [0.15, 0.2) is 60.7 Å². The van der Waals surface area contributed by atoms with E-state index in [-0.39, 0.29) is 35.5 Å². The maximum Gasteiger partial charge on any atom is 0.324 e. The molecular weight excluding hydrogens is 1280 g/mol. The van der Waals surface area contributed by atoms with Crippen molar-refractivity contribution in [3.05, 3.63) is 80.9 Å². The molecule has 0 saturated carbocycles. The summed E-state index contributed by atoms with van der Waals surface area (Å²) in [5.74, 6) is 0.390. The van der Waals surface area contributed by atoms with Gasteiger partial charge in [-0.05, 0) is 157 Å². The van der Waals surface area contributed by atoms with Crippen molar-refractivity contribution in [1.82, 2.24) is 0 Å². The molecule has 0 bridgehead atoms. The molecule has 0 aromatic heterocycles. The first-order valence-corrected chi connectivity index (χ1v) is 36.9. The minimum Gasteiger partial charge on any atom is -0.490 e. The van der Waals surface area contributed by atoms with Gasteiger partial charge in [0.1, 0.15) is 0 Å². The molecule has 0 spiro atoms. The monoisotopic (exact) mass is 1380 g/mol. The van der Waals surface area contributed by atoms with Crippen LogP contribution >= 0.6 is 0 Å². The third kappa shape index (κ3) is 19.1. The molecule has 0 unspecified atom stereocenters. The van der Waals surface area contributed by atoms with Crippen molar-refractivity contribution in [3.63, 3.8) is 0 Å². The number of carbonyl (C=O) groups excluding carboxylic acids is 2. The van der Waals surface area contributed by atoms with E-state index in [1.165, 1.54) is 0 Å². The first-order valence-electron chi connectivity index (χ1n) is 36.9. The number of nitrogens with zero attached hydrogens (tertiary/aromatic N) is 2. The van der Waals surface area contributed by atoms with Gasteiger partial charge in [0.05, 0.1) is 99.5 Å². The zero-order valence-electron chi connectivity index (χ0n) is 60.6. The minimum atomic E-state index is -1.05. The summed E-state index contributed by atoms with van der Waals surface area (Å²) in [5.41, 5.74) is -1.14. The number of rotatable bonds is 47. The summed E-state index contributed by atoms with van der Waals surface area (Å²) >= 11 is 0. The Balaban J connectivity index is 1.30. The lowest BCUT2D eigenvalue weighted by Crippen LogP contribution is -2.16. The summed E-state index contributed by atoms with van der Waals surface area (Å²) in [6.45, 7) is 23.9. The normalized spacial score (nSPS) is 11.4. The minimum absolute atomic E-state index is 0.0845. The lowest BCUT2D eigenvalue weighted by molar-refractivity contribution is -0.384. The van der Waals surface area contributed by atoms with E-state index < -0.39 is 57.5 Å². The summed E-state index contributed by atoms with van der Waals surface area (Å²) in [5, 5.41) is 33.9. The SMILES string of the molecule is CCCCOc1cc2c3cc(OCCCC)c(OCCCC)cc3c3c([N+](=O)[O-])c(OC(=O)CCC(=O)Oc4c(OCCCC)cc5c6cc(OCCCC)c(OCCCC)cc6c6cc(OCCCC)c(OCCCC)cc6c5c4[N+](=O)[O-])c(OCCCC)cc3c2cc1OCCCC. The van der Waals surface area contributed by atoms with E-state index in [1.807, 2.05) is 50.2 Å². The second kappa shape index (κ2) is 39.2. The molecule has 8 aromatic carbocycles. The van der Waals surface area contributed by atoms with Gasteiger partial charge in [-0.15, -0.1) is 0 Å². The third-order valence-corrected chi connectivity index (χ3v) is 17.4. The largest absolute Gasteiger partial charge is 0.490 e. The predicted molar refractivity (Wildman–Crippen MR) is 396 cm³/mol. The Morgan fingerprint density at radius 2 is 0.430 bits per heavy atom. The molecular formula is C80H104N2O18. The van der Waals surface area contributed by atoms with Crippen molar-refractivity contribution < 1.29 is 76.3 Å². The van der Waals surface area contributed by atoms with Crippen LogP contribution in [0.2, 0.25) is 0 Å². The Kier molecular flexibility index (Phi) is 30.1.